The summed E-state index contributed by atoms with van der Waals surface area (Å²) < 4.78 is 33.1. The van der Waals surface area contributed by atoms with E-state index in [0.29, 0.717) is 17.5 Å². The standard InChI is InChI=1S/C27H32N2O5S/c1-3-14-29(23-9-5-4-6-10-23)35(32,33)24-11-7-8-22(17-24)27(31)34-18-26(30)28-19(2)25-16-20-12-13-21(25)15-20/h3-11,17,19-21,25H,1,12-16,18H2,2H3,(H,28,30)/t19-,20+,21+,25-/m0/s1. The average molecular weight is 497 g/mol. The van der Waals surface area contributed by atoms with Crippen molar-refractivity contribution in [2.24, 2.45) is 17.8 Å². The molecular weight excluding hydrogens is 464 g/mol. The lowest BCUT2D eigenvalue weighted by atomic mass is 9.84. The van der Waals surface area contributed by atoms with Gasteiger partial charge in [0.1, 0.15) is 0 Å². The number of carbonyl (C=O) groups excluding carboxylic acids is 2. The molecule has 2 aromatic carbocycles. The molecule has 1 amide bonds. The molecule has 0 radical (unpaired) electrons. The van der Waals surface area contributed by atoms with Crippen LogP contribution in [0.2, 0.25) is 0 Å². The number of esters is 1. The highest BCUT2D eigenvalue weighted by Crippen LogP contribution is 2.49. The predicted molar refractivity (Wildman–Crippen MR) is 134 cm³/mol. The number of sulfonamides is 1. The number of nitrogens with one attached hydrogen (secondary N) is 1. The van der Waals surface area contributed by atoms with E-state index in [1.165, 1.54) is 53.9 Å². The van der Waals surface area contributed by atoms with Crippen LogP contribution in [-0.4, -0.2) is 39.5 Å². The molecule has 35 heavy (non-hydrogen) atoms. The molecule has 2 aromatic rings. The Morgan fingerprint density at radius 2 is 1.91 bits per heavy atom. The van der Waals surface area contributed by atoms with E-state index >= 15 is 0 Å². The summed E-state index contributed by atoms with van der Waals surface area (Å²) in [6, 6.07) is 14.4. The van der Waals surface area contributed by atoms with E-state index in [1.807, 2.05) is 6.92 Å². The number of rotatable bonds is 10. The molecule has 0 aliphatic heterocycles. The van der Waals surface area contributed by atoms with Crippen LogP contribution in [-0.2, 0) is 19.6 Å². The molecule has 0 heterocycles. The number of para-hydroxylation sites is 1. The van der Waals surface area contributed by atoms with E-state index in [-0.39, 0.29) is 29.0 Å². The van der Waals surface area contributed by atoms with Crippen molar-refractivity contribution < 1.29 is 22.7 Å². The maximum absolute atomic E-state index is 13.3. The van der Waals surface area contributed by atoms with Crippen LogP contribution in [0.5, 0.6) is 0 Å². The third kappa shape index (κ3) is 5.59. The number of carbonyl (C=O) groups is 2. The number of hydrogen-bond acceptors (Lipinski definition) is 5. The van der Waals surface area contributed by atoms with Crippen molar-refractivity contribution in [2.45, 2.75) is 43.5 Å². The van der Waals surface area contributed by atoms with Crippen molar-refractivity contribution in [3.05, 3.63) is 72.8 Å². The van der Waals surface area contributed by atoms with Crippen molar-refractivity contribution >= 4 is 27.6 Å². The quantitative estimate of drug-likeness (QED) is 0.394. The van der Waals surface area contributed by atoms with Gasteiger partial charge in [0.2, 0.25) is 0 Å². The fourth-order valence-corrected chi connectivity index (χ4v) is 6.97. The summed E-state index contributed by atoms with van der Waals surface area (Å²) >= 11 is 0. The van der Waals surface area contributed by atoms with Gasteiger partial charge >= 0.3 is 5.97 Å². The van der Waals surface area contributed by atoms with Crippen LogP contribution < -0.4 is 9.62 Å². The van der Waals surface area contributed by atoms with Gasteiger partial charge in [0.15, 0.2) is 6.61 Å². The number of anilines is 1. The maximum atomic E-state index is 13.3. The first-order chi connectivity index (χ1) is 16.8. The van der Waals surface area contributed by atoms with Crippen molar-refractivity contribution in [1.29, 1.82) is 0 Å². The molecule has 186 valence electrons. The highest BCUT2D eigenvalue weighted by Gasteiger charge is 2.42. The van der Waals surface area contributed by atoms with Gasteiger partial charge in [-0.2, -0.15) is 0 Å². The minimum Gasteiger partial charge on any atom is -0.452 e. The van der Waals surface area contributed by atoms with Gasteiger partial charge in [-0.05, 0) is 74.3 Å². The van der Waals surface area contributed by atoms with Crippen LogP contribution in [0.4, 0.5) is 5.69 Å². The molecule has 0 saturated heterocycles. The lowest BCUT2D eigenvalue weighted by Crippen LogP contribution is -2.42. The molecule has 2 aliphatic carbocycles. The molecule has 2 bridgehead atoms. The third-order valence-corrected chi connectivity index (χ3v) is 8.94. The second kappa shape index (κ2) is 10.6. The molecule has 2 fully saturated rings. The Morgan fingerprint density at radius 1 is 1.14 bits per heavy atom. The van der Waals surface area contributed by atoms with Crippen LogP contribution in [0.3, 0.4) is 0 Å². The monoisotopic (exact) mass is 496 g/mol. The SMILES string of the molecule is C=CCN(c1ccccc1)S(=O)(=O)c1cccc(C(=O)OCC(=O)N[C@@H](C)[C@@H]2C[C@@H]3CC[C@@H]2C3)c1. The zero-order valence-electron chi connectivity index (χ0n) is 19.9. The number of nitrogens with zero attached hydrogens (tertiary/aromatic N) is 1. The molecule has 0 aromatic heterocycles. The minimum atomic E-state index is -3.96. The Labute approximate surface area is 207 Å². The third-order valence-electron chi connectivity index (χ3n) is 7.15. The fourth-order valence-electron chi connectivity index (χ4n) is 5.49. The van der Waals surface area contributed by atoms with Crippen molar-refractivity contribution in [3.63, 3.8) is 0 Å². The number of ether oxygens (including phenoxy) is 1. The first-order valence-corrected chi connectivity index (χ1v) is 13.5. The Balaban J connectivity index is 1.39. The van der Waals surface area contributed by atoms with Gasteiger partial charge in [-0.1, -0.05) is 36.8 Å². The van der Waals surface area contributed by atoms with E-state index in [1.54, 1.807) is 30.3 Å². The second-order valence-electron chi connectivity index (χ2n) is 9.46. The van der Waals surface area contributed by atoms with Crippen LogP contribution in [0.25, 0.3) is 0 Å². The first-order valence-electron chi connectivity index (χ1n) is 12.0. The summed E-state index contributed by atoms with van der Waals surface area (Å²) in [6.45, 7) is 5.34. The molecule has 1 N–H and O–H groups in total. The number of amides is 1. The fraction of sp³-hybridized carbons (Fsp3) is 0.407. The van der Waals surface area contributed by atoms with Crippen molar-refractivity contribution in [2.75, 3.05) is 17.5 Å². The van der Waals surface area contributed by atoms with Crippen molar-refractivity contribution in [3.8, 4) is 0 Å². The minimum absolute atomic E-state index is 0.0406. The van der Waals surface area contributed by atoms with Gasteiger partial charge in [0, 0.05) is 6.04 Å². The van der Waals surface area contributed by atoms with E-state index in [4.69, 9.17) is 4.74 Å². The molecule has 0 unspecified atom stereocenters. The molecule has 0 spiro atoms. The lowest BCUT2D eigenvalue weighted by Gasteiger charge is -2.28. The summed E-state index contributed by atoms with van der Waals surface area (Å²) in [6.07, 6.45) is 6.44. The zero-order chi connectivity index (χ0) is 25.0. The Morgan fingerprint density at radius 3 is 2.57 bits per heavy atom. The Bertz CT molecular complexity index is 1180. The zero-order valence-corrected chi connectivity index (χ0v) is 20.7. The number of fused-ring (bicyclic) bond motifs is 2. The Kier molecular flexibility index (Phi) is 7.60. The maximum Gasteiger partial charge on any atom is 0.338 e. The lowest BCUT2D eigenvalue weighted by molar-refractivity contribution is -0.125. The van der Waals surface area contributed by atoms with Gasteiger partial charge in [-0.3, -0.25) is 9.10 Å². The smallest absolute Gasteiger partial charge is 0.338 e. The van der Waals surface area contributed by atoms with Crippen LogP contribution in [0.15, 0.2) is 72.1 Å². The van der Waals surface area contributed by atoms with E-state index < -0.39 is 22.6 Å². The predicted octanol–water partition coefficient (Wildman–Crippen LogP) is 4.17. The van der Waals surface area contributed by atoms with Crippen LogP contribution in [0, 0.1) is 17.8 Å². The highest BCUT2D eigenvalue weighted by atomic mass is 32.2. The summed E-state index contributed by atoms with van der Waals surface area (Å²) in [4.78, 5) is 25.0. The van der Waals surface area contributed by atoms with E-state index in [0.717, 1.165) is 12.3 Å². The average Bonchev–Trinajstić information content (AvgIpc) is 3.50. The van der Waals surface area contributed by atoms with Gasteiger partial charge < -0.3 is 10.1 Å². The van der Waals surface area contributed by atoms with E-state index in [9.17, 15) is 18.0 Å². The molecular formula is C27H32N2O5S. The topological polar surface area (TPSA) is 92.8 Å². The molecule has 4 rings (SSSR count). The van der Waals surface area contributed by atoms with Gasteiger partial charge in [0.05, 0.1) is 22.7 Å². The van der Waals surface area contributed by atoms with Gasteiger partial charge in [0.25, 0.3) is 15.9 Å². The van der Waals surface area contributed by atoms with Crippen molar-refractivity contribution in [1.82, 2.24) is 5.32 Å². The first kappa shape index (κ1) is 25.0. The molecule has 7 nitrogen and oxygen atoms in total. The summed E-state index contributed by atoms with van der Waals surface area (Å²) in [5.74, 6) is 0.853. The summed E-state index contributed by atoms with van der Waals surface area (Å²) in [5, 5.41) is 2.97. The normalized spacial score (nSPS) is 21.8. The number of benzene rings is 2. The summed E-state index contributed by atoms with van der Waals surface area (Å²) in [7, 11) is -3.96. The van der Waals surface area contributed by atoms with Crippen LogP contribution >= 0.6 is 0 Å². The summed E-state index contributed by atoms with van der Waals surface area (Å²) in [5.41, 5.74) is 0.549. The molecule has 2 aliphatic rings. The largest absolute Gasteiger partial charge is 0.452 e. The molecule has 4 atom stereocenters. The van der Waals surface area contributed by atoms with E-state index in [2.05, 4.69) is 11.9 Å². The Hall–Kier alpha value is -3.13. The molecule has 8 heteroatoms. The van der Waals surface area contributed by atoms with Crippen LogP contribution in [0.1, 0.15) is 43.0 Å². The van der Waals surface area contributed by atoms with Gasteiger partial charge in [-0.25, -0.2) is 13.2 Å². The van der Waals surface area contributed by atoms with Gasteiger partial charge in [-0.15, -0.1) is 6.58 Å². The number of hydrogen-bond donors (Lipinski definition) is 1. The molecule has 2 saturated carbocycles. The highest BCUT2D eigenvalue weighted by molar-refractivity contribution is 7.92. The second-order valence-corrected chi connectivity index (χ2v) is 11.3.